The van der Waals surface area contributed by atoms with E-state index in [1.54, 1.807) is 12.1 Å². The van der Waals surface area contributed by atoms with E-state index in [4.69, 9.17) is 20.9 Å². The highest BCUT2D eigenvalue weighted by atomic mass is 19.1. The van der Waals surface area contributed by atoms with E-state index in [1.807, 2.05) is 4.90 Å². The Hall–Kier alpha value is -4.40. The van der Waals surface area contributed by atoms with Crippen LogP contribution in [0.2, 0.25) is 0 Å². The molecule has 2 bridgehead atoms. The van der Waals surface area contributed by atoms with Gasteiger partial charge in [-0.05, 0) is 61.2 Å². The summed E-state index contributed by atoms with van der Waals surface area (Å²) < 4.78 is 74.2. The normalized spacial score (nSPS) is 24.8. The van der Waals surface area contributed by atoms with Gasteiger partial charge in [0.05, 0.1) is 35.5 Å². The summed E-state index contributed by atoms with van der Waals surface area (Å²) in [6, 6.07) is 7.94. The van der Waals surface area contributed by atoms with E-state index in [0.29, 0.717) is 49.2 Å². The predicted molar refractivity (Wildman–Crippen MR) is 172 cm³/mol. The SMILES string of the molecule is C#Cc1c(F)ccc2cccc(-c3c(F)c(OC)c4c(N5CC6CCC(C5)N6)nc(OC[C@@]56CCCN5C/C(=C\F)C6)nc4c3F)c12. The molecular formula is C36H33F4N5O2. The Balaban J connectivity index is 1.33. The summed E-state index contributed by atoms with van der Waals surface area (Å²) in [6.07, 6.45) is 10.6. The Kier molecular flexibility index (Phi) is 7.26. The molecule has 4 aliphatic rings. The van der Waals surface area contributed by atoms with Crippen molar-refractivity contribution in [1.82, 2.24) is 20.2 Å². The lowest BCUT2D eigenvalue weighted by Gasteiger charge is -2.35. The summed E-state index contributed by atoms with van der Waals surface area (Å²) in [7, 11) is 1.31. The van der Waals surface area contributed by atoms with Crippen LogP contribution < -0.4 is 19.7 Å². The third kappa shape index (κ3) is 4.72. The maximum Gasteiger partial charge on any atom is 0.319 e. The van der Waals surface area contributed by atoms with Gasteiger partial charge in [-0.2, -0.15) is 9.97 Å². The number of nitrogens with zero attached hydrogens (tertiary/aromatic N) is 4. The van der Waals surface area contributed by atoms with Crippen LogP contribution in [0.4, 0.5) is 23.4 Å². The monoisotopic (exact) mass is 643 g/mol. The fourth-order valence-corrected chi connectivity index (χ4v) is 8.28. The van der Waals surface area contributed by atoms with E-state index in [9.17, 15) is 8.78 Å². The van der Waals surface area contributed by atoms with Crippen molar-refractivity contribution < 1.29 is 27.0 Å². The summed E-state index contributed by atoms with van der Waals surface area (Å²) in [6.45, 7) is 2.70. The van der Waals surface area contributed by atoms with E-state index >= 15 is 8.78 Å². The zero-order chi connectivity index (χ0) is 32.4. The lowest BCUT2D eigenvalue weighted by molar-refractivity contribution is 0.108. The fourth-order valence-electron chi connectivity index (χ4n) is 8.28. The third-order valence-corrected chi connectivity index (χ3v) is 10.4. The molecule has 3 atom stereocenters. The van der Waals surface area contributed by atoms with E-state index in [-0.39, 0.29) is 57.9 Å². The molecular weight excluding hydrogens is 610 g/mol. The molecule has 7 nitrogen and oxygen atoms in total. The second-order valence-electron chi connectivity index (χ2n) is 13.1. The maximum absolute atomic E-state index is 17.1. The number of hydrogen-bond donors (Lipinski definition) is 1. The number of aromatic nitrogens is 2. The van der Waals surface area contributed by atoms with Crippen molar-refractivity contribution in [2.75, 3.05) is 44.8 Å². The minimum absolute atomic E-state index is 0.0657. The molecule has 242 valence electrons. The fraction of sp³-hybridized carbons (Fsp3) is 0.389. The quantitative estimate of drug-likeness (QED) is 0.196. The minimum Gasteiger partial charge on any atom is -0.493 e. The molecule has 0 saturated carbocycles. The van der Waals surface area contributed by atoms with Gasteiger partial charge in [-0.25, -0.2) is 17.6 Å². The van der Waals surface area contributed by atoms with Crippen LogP contribution in [0, 0.1) is 29.8 Å². The molecule has 1 aromatic heterocycles. The second-order valence-corrected chi connectivity index (χ2v) is 13.1. The molecule has 4 aromatic rings. The summed E-state index contributed by atoms with van der Waals surface area (Å²) in [5, 5.41) is 4.40. The number of anilines is 1. The number of rotatable bonds is 6. The highest BCUT2D eigenvalue weighted by Crippen LogP contribution is 2.46. The topological polar surface area (TPSA) is 62.8 Å². The molecule has 4 aliphatic heterocycles. The molecule has 0 amide bonds. The van der Waals surface area contributed by atoms with Crippen LogP contribution in [-0.4, -0.2) is 72.4 Å². The Labute approximate surface area is 269 Å². The van der Waals surface area contributed by atoms with E-state index in [2.05, 4.69) is 21.1 Å². The standard InChI is InChI=1S/C36H33F4N5O2/c1-3-24-26(38)11-8-21-6-4-7-25(27(21)24)28-30(39)32-29(33(46-2)31(28)40)34(44-17-22-9-10-23(18-44)41-22)43-35(42-32)47-19-36-12-5-13-45(36)16-20(14-36)15-37/h1,4,6-8,11,15,22-23,41H,5,9-10,12-14,16-19H2,2H3/b20-15-/t22?,23?,36-/m0/s1. The Morgan fingerprint density at radius 2 is 1.89 bits per heavy atom. The van der Waals surface area contributed by atoms with Gasteiger partial charge in [0.1, 0.15) is 23.8 Å². The highest BCUT2D eigenvalue weighted by molar-refractivity contribution is 6.05. The molecule has 8 rings (SSSR count). The van der Waals surface area contributed by atoms with Gasteiger partial charge in [0.25, 0.3) is 0 Å². The number of terminal acetylenes is 1. The number of benzene rings is 3. The summed E-state index contributed by atoms with van der Waals surface area (Å²) >= 11 is 0. The van der Waals surface area contributed by atoms with Crippen LogP contribution in [0.5, 0.6) is 11.8 Å². The van der Waals surface area contributed by atoms with Crippen LogP contribution in [0.25, 0.3) is 32.8 Å². The van der Waals surface area contributed by atoms with Gasteiger partial charge in [0, 0.05) is 37.1 Å². The first-order valence-corrected chi connectivity index (χ1v) is 16.0. The van der Waals surface area contributed by atoms with Gasteiger partial charge in [0.15, 0.2) is 17.4 Å². The number of fused-ring (bicyclic) bond motifs is 5. The van der Waals surface area contributed by atoms with Gasteiger partial charge in [-0.15, -0.1) is 6.42 Å². The summed E-state index contributed by atoms with van der Waals surface area (Å²) in [5.74, 6) is -0.162. The Bertz CT molecular complexity index is 2000. The molecule has 1 N–H and O–H groups in total. The Morgan fingerprint density at radius 1 is 1.09 bits per heavy atom. The molecule has 5 heterocycles. The van der Waals surface area contributed by atoms with Gasteiger partial charge in [-0.3, -0.25) is 4.90 Å². The molecule has 11 heteroatoms. The average molecular weight is 644 g/mol. The summed E-state index contributed by atoms with van der Waals surface area (Å²) in [4.78, 5) is 13.6. The second kappa shape index (κ2) is 11.4. The van der Waals surface area contributed by atoms with Gasteiger partial charge >= 0.3 is 6.01 Å². The zero-order valence-corrected chi connectivity index (χ0v) is 25.9. The minimum atomic E-state index is -0.967. The number of piperazine rings is 1. The predicted octanol–water partition coefficient (Wildman–Crippen LogP) is 6.27. The molecule has 0 spiro atoms. The molecule has 47 heavy (non-hydrogen) atoms. The molecule has 4 fully saturated rings. The molecule has 0 radical (unpaired) electrons. The third-order valence-electron chi connectivity index (χ3n) is 10.4. The van der Waals surface area contributed by atoms with Crippen LogP contribution in [-0.2, 0) is 0 Å². The van der Waals surface area contributed by atoms with Crippen LogP contribution in [0.15, 0.2) is 42.2 Å². The number of halogens is 4. The van der Waals surface area contributed by atoms with Crippen molar-refractivity contribution in [3.63, 3.8) is 0 Å². The maximum atomic E-state index is 17.1. The number of methoxy groups -OCH3 is 1. The van der Waals surface area contributed by atoms with Crippen molar-refractivity contribution in [3.8, 4) is 35.2 Å². The van der Waals surface area contributed by atoms with Gasteiger partial charge in [-0.1, -0.05) is 30.2 Å². The molecule has 3 aromatic carbocycles. The smallest absolute Gasteiger partial charge is 0.319 e. The van der Waals surface area contributed by atoms with Crippen molar-refractivity contribution in [2.45, 2.75) is 49.7 Å². The molecule has 0 aliphatic carbocycles. The average Bonchev–Trinajstić information content (AvgIpc) is 3.75. The summed E-state index contributed by atoms with van der Waals surface area (Å²) in [5.41, 5.74) is -0.349. The van der Waals surface area contributed by atoms with Crippen LogP contribution in [0.3, 0.4) is 0 Å². The number of nitrogens with one attached hydrogen (secondary N) is 1. The van der Waals surface area contributed by atoms with Crippen LogP contribution >= 0.6 is 0 Å². The van der Waals surface area contributed by atoms with Crippen molar-refractivity contribution >= 4 is 27.5 Å². The van der Waals surface area contributed by atoms with Crippen LogP contribution in [0.1, 0.15) is 37.7 Å². The lowest BCUT2D eigenvalue weighted by Crippen LogP contribution is -2.51. The van der Waals surface area contributed by atoms with Crippen molar-refractivity contribution in [2.24, 2.45) is 0 Å². The van der Waals surface area contributed by atoms with Crippen molar-refractivity contribution in [3.05, 3.63) is 65.2 Å². The molecule has 4 saturated heterocycles. The number of hydrogen-bond acceptors (Lipinski definition) is 7. The first-order valence-electron chi connectivity index (χ1n) is 16.0. The van der Waals surface area contributed by atoms with E-state index < -0.39 is 28.6 Å². The lowest BCUT2D eigenvalue weighted by atomic mass is 9.92. The van der Waals surface area contributed by atoms with E-state index in [0.717, 1.165) is 32.2 Å². The highest BCUT2D eigenvalue weighted by Gasteiger charge is 2.47. The number of ether oxygens (including phenoxy) is 2. The van der Waals surface area contributed by atoms with Gasteiger partial charge in [0.2, 0.25) is 0 Å². The van der Waals surface area contributed by atoms with Crippen molar-refractivity contribution in [1.29, 1.82) is 0 Å². The molecule has 2 unspecified atom stereocenters. The first-order chi connectivity index (χ1) is 22.8. The van der Waals surface area contributed by atoms with Gasteiger partial charge < -0.3 is 19.7 Å². The first kappa shape index (κ1) is 30.0. The zero-order valence-electron chi connectivity index (χ0n) is 25.9. The van der Waals surface area contributed by atoms with E-state index in [1.165, 1.54) is 25.3 Å². The largest absolute Gasteiger partial charge is 0.493 e. The Morgan fingerprint density at radius 3 is 2.64 bits per heavy atom.